The maximum Gasteiger partial charge on any atom is 0.259 e. The second-order valence-corrected chi connectivity index (χ2v) is 8.15. The molecule has 1 aromatic carbocycles. The van der Waals surface area contributed by atoms with Gasteiger partial charge in [0.15, 0.2) is 0 Å². The summed E-state index contributed by atoms with van der Waals surface area (Å²) in [6.45, 7) is 4.75. The molecule has 1 aliphatic heterocycles. The largest absolute Gasteiger partial charge is 0.359 e. The number of aromatic nitrogens is 1. The van der Waals surface area contributed by atoms with Crippen LogP contribution in [0.3, 0.4) is 0 Å². The normalized spacial score (nSPS) is 22.3. The predicted molar refractivity (Wildman–Crippen MR) is 119 cm³/mol. The minimum Gasteiger partial charge on any atom is -0.359 e. The number of amides is 1. The molecule has 0 atom stereocenters. The molecule has 0 radical (unpaired) electrons. The summed E-state index contributed by atoms with van der Waals surface area (Å²) in [6.07, 6.45) is 6.10. The summed E-state index contributed by atoms with van der Waals surface area (Å²) in [4.78, 5) is 18.6. The molecular weight excluding hydrogens is 384 g/mol. The van der Waals surface area contributed by atoms with Gasteiger partial charge in [0.2, 0.25) is 0 Å². The molecule has 2 aromatic rings. The zero-order valence-electron chi connectivity index (χ0n) is 16.9. The van der Waals surface area contributed by atoms with Gasteiger partial charge in [0, 0.05) is 29.5 Å². The van der Waals surface area contributed by atoms with Crippen molar-refractivity contribution in [2.45, 2.75) is 45.6 Å². The van der Waals surface area contributed by atoms with Gasteiger partial charge in [0.25, 0.3) is 5.91 Å². The quantitative estimate of drug-likeness (QED) is 0.738. The number of nitrogens with zero attached hydrogens (tertiary/aromatic N) is 2. The molecule has 1 amide bonds. The van der Waals surface area contributed by atoms with E-state index in [-0.39, 0.29) is 18.3 Å². The monoisotopic (exact) mass is 410 g/mol. The number of anilines is 1. The van der Waals surface area contributed by atoms with Crippen LogP contribution in [0.5, 0.6) is 0 Å². The highest BCUT2D eigenvalue weighted by Crippen LogP contribution is 2.40. The number of hydrogen-bond acceptors (Lipinski definition) is 3. The fraction of sp³-hybridized carbons (Fsp3) is 0.391. The molecule has 2 aliphatic rings. The number of nitrogens with one attached hydrogen (secondary N) is 1. The summed E-state index contributed by atoms with van der Waals surface area (Å²) in [7, 11) is 0. The number of benzene rings is 1. The number of carbonyl (C=O) groups excluding carboxylic acids is 1. The van der Waals surface area contributed by atoms with Gasteiger partial charge >= 0.3 is 0 Å². The van der Waals surface area contributed by atoms with Crippen LogP contribution in [0.15, 0.2) is 24.3 Å². The van der Waals surface area contributed by atoms with Crippen LogP contribution in [0.25, 0.3) is 11.6 Å². The highest BCUT2D eigenvalue weighted by Gasteiger charge is 2.34. The number of fused-ring (bicyclic) bond motifs is 1. The van der Waals surface area contributed by atoms with Crippen LogP contribution >= 0.6 is 12.4 Å². The van der Waals surface area contributed by atoms with Crippen LogP contribution in [0.4, 0.5) is 5.69 Å². The summed E-state index contributed by atoms with van der Waals surface area (Å²) in [5.41, 5.74) is 12.1. The third-order valence-corrected chi connectivity index (χ3v) is 5.99. The van der Waals surface area contributed by atoms with Crippen LogP contribution in [0, 0.1) is 31.1 Å². The Hall–Kier alpha value is -2.55. The van der Waals surface area contributed by atoms with E-state index in [9.17, 15) is 10.1 Å². The summed E-state index contributed by atoms with van der Waals surface area (Å²) in [5, 5.41) is 9.32. The smallest absolute Gasteiger partial charge is 0.259 e. The van der Waals surface area contributed by atoms with Crippen molar-refractivity contribution in [3.05, 3.63) is 52.3 Å². The highest BCUT2D eigenvalue weighted by molar-refractivity contribution is 6.35. The second kappa shape index (κ2) is 8.44. The molecule has 2 heterocycles. The first-order chi connectivity index (χ1) is 13.5. The lowest BCUT2D eigenvalue weighted by atomic mass is 9.86. The summed E-state index contributed by atoms with van der Waals surface area (Å²) in [5.74, 6) is 0.493. The number of nitriles is 1. The maximum atomic E-state index is 13.4. The topological polar surface area (TPSA) is 85.9 Å². The van der Waals surface area contributed by atoms with Crippen molar-refractivity contribution in [1.29, 1.82) is 5.26 Å². The van der Waals surface area contributed by atoms with Gasteiger partial charge in [0.1, 0.15) is 0 Å². The molecule has 1 aromatic heterocycles. The van der Waals surface area contributed by atoms with Gasteiger partial charge in [-0.05, 0) is 81.4 Å². The number of carbonyl (C=O) groups is 1. The molecule has 1 saturated carbocycles. The van der Waals surface area contributed by atoms with E-state index in [1.54, 1.807) is 6.07 Å². The van der Waals surface area contributed by atoms with Gasteiger partial charge in [-0.15, -0.1) is 12.4 Å². The fourth-order valence-electron chi connectivity index (χ4n) is 4.42. The minimum absolute atomic E-state index is 0. The molecule has 1 fully saturated rings. The average Bonchev–Trinajstić information content (AvgIpc) is 3.13. The zero-order chi connectivity index (χ0) is 19.8. The number of aryl methyl sites for hydroxylation is 2. The van der Waals surface area contributed by atoms with Crippen molar-refractivity contribution < 1.29 is 4.79 Å². The molecule has 0 spiro atoms. The highest BCUT2D eigenvalue weighted by atomic mass is 35.5. The number of nitrogens with two attached hydrogens (primary N) is 1. The van der Waals surface area contributed by atoms with E-state index in [0.717, 1.165) is 53.9 Å². The molecule has 0 saturated heterocycles. The summed E-state index contributed by atoms with van der Waals surface area (Å²) in [6, 6.07) is 10.1. The van der Waals surface area contributed by atoms with Gasteiger partial charge in [-0.25, -0.2) is 0 Å². The Balaban J connectivity index is 0.00000240. The number of H-pyrrole nitrogens is 1. The minimum atomic E-state index is 0. The zero-order valence-corrected chi connectivity index (χ0v) is 17.7. The van der Waals surface area contributed by atoms with Gasteiger partial charge in [-0.1, -0.05) is 0 Å². The first-order valence-electron chi connectivity index (χ1n) is 9.96. The third-order valence-electron chi connectivity index (χ3n) is 5.99. The summed E-state index contributed by atoms with van der Waals surface area (Å²) >= 11 is 0. The Labute approximate surface area is 178 Å². The van der Waals surface area contributed by atoms with Crippen LogP contribution in [-0.4, -0.2) is 23.5 Å². The average molecular weight is 411 g/mol. The molecule has 0 unspecified atom stereocenters. The number of hydrogen-bond donors (Lipinski definition) is 2. The Morgan fingerprint density at radius 3 is 2.59 bits per heavy atom. The molecule has 6 heteroatoms. The molecule has 0 bridgehead atoms. The van der Waals surface area contributed by atoms with Crippen molar-refractivity contribution >= 4 is 35.7 Å². The van der Waals surface area contributed by atoms with Gasteiger partial charge in [-0.2, -0.15) is 5.26 Å². The van der Waals surface area contributed by atoms with E-state index in [1.807, 2.05) is 37.0 Å². The molecule has 1 aliphatic carbocycles. The van der Waals surface area contributed by atoms with E-state index >= 15 is 0 Å². The molecule has 5 nitrogen and oxygen atoms in total. The first kappa shape index (κ1) is 21.2. The lowest BCUT2D eigenvalue weighted by Crippen LogP contribution is -2.36. The molecular formula is C23H27ClN4O. The van der Waals surface area contributed by atoms with Gasteiger partial charge in [0.05, 0.1) is 22.9 Å². The maximum absolute atomic E-state index is 13.4. The molecule has 3 N–H and O–H groups in total. The third kappa shape index (κ3) is 4.10. The van der Waals surface area contributed by atoms with Crippen LogP contribution in [-0.2, 0) is 4.79 Å². The van der Waals surface area contributed by atoms with Crippen molar-refractivity contribution in [3.63, 3.8) is 0 Å². The summed E-state index contributed by atoms with van der Waals surface area (Å²) < 4.78 is 0. The second-order valence-electron chi connectivity index (χ2n) is 8.15. The van der Waals surface area contributed by atoms with E-state index in [4.69, 9.17) is 5.73 Å². The lowest BCUT2D eigenvalue weighted by molar-refractivity contribution is -0.113. The van der Waals surface area contributed by atoms with E-state index in [0.29, 0.717) is 29.6 Å². The van der Waals surface area contributed by atoms with Crippen LogP contribution in [0.2, 0.25) is 0 Å². The number of halogens is 1. The SMILES string of the molecule is Cc1cc(C)c(/C=C2\C(=O)N(CC3CCC(N)CC3)c3ccc(C#N)cc32)[nH]1.Cl. The predicted octanol–water partition coefficient (Wildman–Crippen LogP) is 4.33. The van der Waals surface area contributed by atoms with Crippen molar-refractivity contribution in [2.24, 2.45) is 11.7 Å². The van der Waals surface area contributed by atoms with Gasteiger partial charge < -0.3 is 15.6 Å². The Kier molecular flexibility index (Phi) is 6.16. The first-order valence-corrected chi connectivity index (χ1v) is 9.96. The Morgan fingerprint density at radius 1 is 1.24 bits per heavy atom. The lowest BCUT2D eigenvalue weighted by Gasteiger charge is -2.29. The van der Waals surface area contributed by atoms with E-state index in [2.05, 4.69) is 17.1 Å². The fourth-order valence-corrected chi connectivity index (χ4v) is 4.42. The van der Waals surface area contributed by atoms with Crippen molar-refractivity contribution in [3.8, 4) is 6.07 Å². The number of rotatable bonds is 3. The van der Waals surface area contributed by atoms with Crippen LogP contribution in [0.1, 0.15) is 53.8 Å². The molecule has 152 valence electrons. The Morgan fingerprint density at radius 2 is 1.97 bits per heavy atom. The Bertz CT molecular complexity index is 993. The molecule has 29 heavy (non-hydrogen) atoms. The van der Waals surface area contributed by atoms with Gasteiger partial charge in [-0.3, -0.25) is 4.79 Å². The standard InChI is InChI=1S/C23H26N4O.ClH/c1-14-9-15(2)26-21(14)11-20-19-10-17(12-24)5-8-22(19)27(23(20)28)13-16-3-6-18(25)7-4-16;/h5,8-11,16,18,26H,3-4,6-7,13,25H2,1-2H3;1H/b20-11-;. The number of aromatic amines is 1. The van der Waals surface area contributed by atoms with Crippen molar-refractivity contribution in [1.82, 2.24) is 4.98 Å². The van der Waals surface area contributed by atoms with Crippen molar-refractivity contribution in [2.75, 3.05) is 11.4 Å². The van der Waals surface area contributed by atoms with Crippen LogP contribution < -0.4 is 10.6 Å². The van der Waals surface area contributed by atoms with E-state index < -0.39 is 0 Å². The molecule has 4 rings (SSSR count). The van der Waals surface area contributed by atoms with E-state index in [1.165, 1.54) is 0 Å².